The van der Waals surface area contributed by atoms with E-state index in [1.807, 2.05) is 12.1 Å². The van der Waals surface area contributed by atoms with Crippen molar-refractivity contribution in [3.8, 4) is 0 Å². The lowest BCUT2D eigenvalue weighted by atomic mass is 9.98. The number of nitrogens with zero attached hydrogens (tertiary/aromatic N) is 2. The first-order valence-electron chi connectivity index (χ1n) is 10.6. The standard InChI is InChI=1S/C23H27F3N4O3/c1-27-10-12-29(15-17-5-2-3-7-19(17)23(24,25)26)21(31)13-28-20-8-4-6-16-14-30(22(32)33)11-9-18(16)20/h2-8,27-28H,9-15H2,1H3,(H,32,33). The number of hydrogen-bond donors (Lipinski definition) is 3. The van der Waals surface area contributed by atoms with E-state index in [0.717, 1.165) is 22.9 Å². The van der Waals surface area contributed by atoms with Gasteiger partial charge in [0.05, 0.1) is 12.1 Å². The summed E-state index contributed by atoms with van der Waals surface area (Å²) >= 11 is 0. The van der Waals surface area contributed by atoms with Gasteiger partial charge < -0.3 is 25.5 Å². The van der Waals surface area contributed by atoms with Crippen molar-refractivity contribution in [2.45, 2.75) is 25.7 Å². The number of carboxylic acid groups (broad SMARTS) is 1. The van der Waals surface area contributed by atoms with Crippen LogP contribution in [-0.2, 0) is 30.5 Å². The van der Waals surface area contributed by atoms with Gasteiger partial charge in [-0.1, -0.05) is 30.3 Å². The Balaban J connectivity index is 1.72. The van der Waals surface area contributed by atoms with Gasteiger partial charge in [-0.15, -0.1) is 0 Å². The molecule has 3 rings (SSSR count). The van der Waals surface area contributed by atoms with Gasteiger partial charge in [-0.25, -0.2) is 4.79 Å². The molecule has 2 amide bonds. The minimum Gasteiger partial charge on any atom is -0.465 e. The lowest BCUT2D eigenvalue weighted by Gasteiger charge is -2.29. The fourth-order valence-electron chi connectivity index (χ4n) is 3.90. The summed E-state index contributed by atoms with van der Waals surface area (Å²) in [7, 11) is 1.71. The molecule has 3 N–H and O–H groups in total. The molecule has 0 radical (unpaired) electrons. The zero-order chi connectivity index (χ0) is 24.0. The second kappa shape index (κ2) is 10.6. The van der Waals surface area contributed by atoms with Gasteiger partial charge in [0.1, 0.15) is 0 Å². The van der Waals surface area contributed by atoms with E-state index in [1.54, 1.807) is 13.1 Å². The van der Waals surface area contributed by atoms with E-state index in [4.69, 9.17) is 0 Å². The molecule has 0 unspecified atom stereocenters. The number of carbonyl (C=O) groups excluding carboxylic acids is 1. The number of hydrogen-bond acceptors (Lipinski definition) is 4. The number of halogens is 3. The highest BCUT2D eigenvalue weighted by molar-refractivity contribution is 5.81. The summed E-state index contributed by atoms with van der Waals surface area (Å²) in [5.74, 6) is -0.331. The molecule has 2 aromatic rings. The molecule has 0 saturated heterocycles. The molecule has 0 atom stereocenters. The Morgan fingerprint density at radius 3 is 2.61 bits per heavy atom. The second-order valence-electron chi connectivity index (χ2n) is 7.82. The number of benzene rings is 2. The highest BCUT2D eigenvalue weighted by Crippen LogP contribution is 2.32. The van der Waals surface area contributed by atoms with Crippen LogP contribution in [0.25, 0.3) is 0 Å². The number of anilines is 1. The Kier molecular flexibility index (Phi) is 7.80. The van der Waals surface area contributed by atoms with Crippen LogP contribution in [0.3, 0.4) is 0 Å². The fourth-order valence-corrected chi connectivity index (χ4v) is 3.90. The average molecular weight is 464 g/mol. The van der Waals surface area contributed by atoms with Crippen molar-refractivity contribution in [2.75, 3.05) is 38.5 Å². The van der Waals surface area contributed by atoms with Gasteiger partial charge in [0.25, 0.3) is 0 Å². The number of nitrogens with one attached hydrogen (secondary N) is 2. The number of fused-ring (bicyclic) bond motifs is 1. The van der Waals surface area contributed by atoms with E-state index < -0.39 is 17.8 Å². The predicted molar refractivity (Wildman–Crippen MR) is 118 cm³/mol. The van der Waals surface area contributed by atoms with Crippen molar-refractivity contribution in [3.05, 3.63) is 64.7 Å². The molecule has 0 spiro atoms. The molecule has 1 heterocycles. The predicted octanol–water partition coefficient (Wildman–Crippen LogP) is 3.40. The minimum atomic E-state index is -4.50. The molecule has 33 heavy (non-hydrogen) atoms. The lowest BCUT2D eigenvalue weighted by molar-refractivity contribution is -0.139. The Morgan fingerprint density at radius 2 is 1.91 bits per heavy atom. The number of carbonyl (C=O) groups is 2. The van der Waals surface area contributed by atoms with Crippen LogP contribution in [0.2, 0.25) is 0 Å². The highest BCUT2D eigenvalue weighted by atomic mass is 19.4. The molecule has 0 fully saturated rings. The monoisotopic (exact) mass is 464 g/mol. The Bertz CT molecular complexity index is 997. The van der Waals surface area contributed by atoms with Crippen LogP contribution < -0.4 is 10.6 Å². The van der Waals surface area contributed by atoms with E-state index in [9.17, 15) is 27.9 Å². The molecule has 10 heteroatoms. The maximum Gasteiger partial charge on any atom is 0.416 e. The van der Waals surface area contributed by atoms with E-state index in [-0.39, 0.29) is 37.6 Å². The first-order chi connectivity index (χ1) is 15.7. The SMILES string of the molecule is CNCCN(Cc1ccccc1C(F)(F)F)C(=O)CNc1cccc2c1CCN(C(=O)O)C2. The van der Waals surface area contributed by atoms with Crippen molar-refractivity contribution in [3.63, 3.8) is 0 Å². The van der Waals surface area contributed by atoms with Gasteiger partial charge in [0.2, 0.25) is 5.91 Å². The van der Waals surface area contributed by atoms with Gasteiger partial charge in [-0.3, -0.25) is 4.79 Å². The first kappa shape index (κ1) is 24.4. The number of likely N-dealkylation sites (N-methyl/N-ethyl adjacent to an activating group) is 1. The molecule has 178 valence electrons. The van der Waals surface area contributed by atoms with Crippen LogP contribution in [0, 0.1) is 0 Å². The third-order valence-corrected chi connectivity index (χ3v) is 5.63. The van der Waals surface area contributed by atoms with Crippen LogP contribution in [0.1, 0.15) is 22.3 Å². The van der Waals surface area contributed by atoms with Crippen LogP contribution in [0.15, 0.2) is 42.5 Å². The molecule has 0 saturated carbocycles. The van der Waals surface area contributed by atoms with Crippen LogP contribution in [0.4, 0.5) is 23.7 Å². The average Bonchev–Trinajstić information content (AvgIpc) is 2.79. The van der Waals surface area contributed by atoms with E-state index >= 15 is 0 Å². The molecular formula is C23H27F3N4O3. The maximum atomic E-state index is 13.4. The third kappa shape index (κ3) is 6.16. The summed E-state index contributed by atoms with van der Waals surface area (Å²) in [6.07, 6.45) is -4.96. The Labute approximate surface area is 190 Å². The van der Waals surface area contributed by atoms with Crippen molar-refractivity contribution >= 4 is 17.7 Å². The van der Waals surface area contributed by atoms with Gasteiger partial charge in [0, 0.05) is 38.4 Å². The summed E-state index contributed by atoms with van der Waals surface area (Å²) in [6, 6.07) is 10.7. The van der Waals surface area contributed by atoms with Crippen molar-refractivity contribution < 1.29 is 27.9 Å². The van der Waals surface area contributed by atoms with Crippen LogP contribution >= 0.6 is 0 Å². The fraction of sp³-hybridized carbons (Fsp3) is 0.391. The number of alkyl halides is 3. The van der Waals surface area contributed by atoms with Gasteiger partial charge in [0.15, 0.2) is 0 Å². The van der Waals surface area contributed by atoms with Gasteiger partial charge >= 0.3 is 12.3 Å². The number of rotatable bonds is 8. The van der Waals surface area contributed by atoms with Crippen molar-refractivity contribution in [1.29, 1.82) is 0 Å². The molecule has 2 aromatic carbocycles. The first-order valence-corrected chi connectivity index (χ1v) is 10.6. The maximum absolute atomic E-state index is 13.4. The highest BCUT2D eigenvalue weighted by Gasteiger charge is 2.33. The van der Waals surface area contributed by atoms with E-state index in [2.05, 4.69) is 10.6 Å². The van der Waals surface area contributed by atoms with Crippen LogP contribution in [-0.4, -0.2) is 60.1 Å². The van der Waals surface area contributed by atoms with E-state index in [0.29, 0.717) is 19.5 Å². The summed E-state index contributed by atoms with van der Waals surface area (Å²) in [6.45, 7) is 1.08. The molecular weight excluding hydrogens is 437 g/mol. The molecule has 0 aromatic heterocycles. The zero-order valence-electron chi connectivity index (χ0n) is 18.3. The second-order valence-corrected chi connectivity index (χ2v) is 7.82. The third-order valence-electron chi connectivity index (χ3n) is 5.63. The summed E-state index contributed by atoms with van der Waals surface area (Å²) in [5.41, 5.74) is 1.84. The molecule has 0 bridgehead atoms. The summed E-state index contributed by atoms with van der Waals surface area (Å²) in [4.78, 5) is 26.9. The molecule has 1 aliphatic heterocycles. The van der Waals surface area contributed by atoms with Gasteiger partial charge in [-0.2, -0.15) is 13.2 Å². The van der Waals surface area contributed by atoms with Crippen molar-refractivity contribution in [1.82, 2.24) is 15.1 Å². The molecule has 1 aliphatic rings. The largest absolute Gasteiger partial charge is 0.465 e. The van der Waals surface area contributed by atoms with Gasteiger partial charge in [-0.05, 0) is 42.3 Å². The number of amides is 2. The Morgan fingerprint density at radius 1 is 1.15 bits per heavy atom. The normalized spacial score (nSPS) is 13.4. The van der Waals surface area contributed by atoms with E-state index in [1.165, 1.54) is 28.0 Å². The quantitative estimate of drug-likeness (QED) is 0.558. The lowest BCUT2D eigenvalue weighted by Crippen LogP contribution is -2.39. The summed E-state index contributed by atoms with van der Waals surface area (Å²) in [5, 5.41) is 15.2. The topological polar surface area (TPSA) is 84.9 Å². The summed E-state index contributed by atoms with van der Waals surface area (Å²) < 4.78 is 40.2. The Hall–Kier alpha value is -3.27. The molecule has 0 aliphatic carbocycles. The van der Waals surface area contributed by atoms with Crippen molar-refractivity contribution in [2.24, 2.45) is 0 Å². The molecule has 7 nitrogen and oxygen atoms in total. The minimum absolute atomic E-state index is 0.0419. The van der Waals surface area contributed by atoms with Crippen LogP contribution in [0.5, 0.6) is 0 Å². The smallest absolute Gasteiger partial charge is 0.416 e. The zero-order valence-corrected chi connectivity index (χ0v) is 18.3.